The maximum atomic E-state index is 6.22. The summed E-state index contributed by atoms with van der Waals surface area (Å²) in [6.45, 7) is 7.76. The number of fused-ring (bicyclic) bond motifs is 1. The topological polar surface area (TPSA) is 49.6 Å². The molecule has 7 heteroatoms. The van der Waals surface area contributed by atoms with Crippen LogP contribution in [0.5, 0.6) is 0 Å². The smallest absolute Gasteiger partial charge is 0.161 e. The van der Waals surface area contributed by atoms with E-state index in [0.717, 1.165) is 66.0 Å². The van der Waals surface area contributed by atoms with E-state index < -0.39 is 0 Å². The Bertz CT molecular complexity index is 1200. The van der Waals surface area contributed by atoms with Crippen LogP contribution in [-0.4, -0.2) is 45.8 Å². The van der Waals surface area contributed by atoms with Crippen LogP contribution in [0.2, 0.25) is 5.02 Å². The highest BCUT2D eigenvalue weighted by Crippen LogP contribution is 2.30. The van der Waals surface area contributed by atoms with E-state index in [-0.39, 0.29) is 0 Å². The fourth-order valence-corrected chi connectivity index (χ4v) is 4.26. The molecule has 0 bridgehead atoms. The van der Waals surface area contributed by atoms with Crippen LogP contribution in [0.4, 0.5) is 11.6 Å². The average molecular weight is 419 g/mol. The maximum Gasteiger partial charge on any atom is 0.161 e. The van der Waals surface area contributed by atoms with Gasteiger partial charge < -0.3 is 9.80 Å². The van der Waals surface area contributed by atoms with Gasteiger partial charge in [-0.05, 0) is 38.1 Å². The van der Waals surface area contributed by atoms with E-state index in [1.807, 2.05) is 54.0 Å². The van der Waals surface area contributed by atoms with Crippen LogP contribution in [0.1, 0.15) is 11.3 Å². The lowest BCUT2D eigenvalue weighted by molar-refractivity contribution is 0.633. The highest BCUT2D eigenvalue weighted by molar-refractivity contribution is 6.30. The fourth-order valence-electron chi connectivity index (χ4n) is 4.07. The van der Waals surface area contributed by atoms with Crippen molar-refractivity contribution in [2.45, 2.75) is 13.8 Å². The summed E-state index contributed by atoms with van der Waals surface area (Å²) in [6, 6.07) is 16.0. The molecule has 4 heterocycles. The van der Waals surface area contributed by atoms with E-state index in [1.165, 1.54) is 0 Å². The van der Waals surface area contributed by atoms with Gasteiger partial charge in [0.2, 0.25) is 0 Å². The van der Waals surface area contributed by atoms with E-state index in [4.69, 9.17) is 21.7 Å². The third-order valence-corrected chi connectivity index (χ3v) is 5.84. The highest BCUT2D eigenvalue weighted by atomic mass is 35.5. The first-order valence-corrected chi connectivity index (χ1v) is 10.5. The zero-order chi connectivity index (χ0) is 20.7. The summed E-state index contributed by atoms with van der Waals surface area (Å²) in [7, 11) is 0. The van der Waals surface area contributed by atoms with Crippen LogP contribution in [0.3, 0.4) is 0 Å². The molecule has 0 amide bonds. The van der Waals surface area contributed by atoms with Crippen molar-refractivity contribution in [2.75, 3.05) is 36.0 Å². The molecule has 30 heavy (non-hydrogen) atoms. The van der Waals surface area contributed by atoms with Crippen LogP contribution in [0.25, 0.3) is 16.9 Å². The Kier molecular flexibility index (Phi) is 4.79. The monoisotopic (exact) mass is 418 g/mol. The minimum Gasteiger partial charge on any atom is -0.353 e. The van der Waals surface area contributed by atoms with Crippen molar-refractivity contribution in [3.05, 3.63) is 71.0 Å². The van der Waals surface area contributed by atoms with Crippen molar-refractivity contribution in [2.24, 2.45) is 0 Å². The number of hydrogen-bond acceptors (Lipinski definition) is 5. The minimum atomic E-state index is 0.707. The number of aromatic nitrogens is 4. The molecule has 152 valence electrons. The maximum absolute atomic E-state index is 6.22. The average Bonchev–Trinajstić information content (AvgIpc) is 3.10. The molecule has 1 saturated heterocycles. The lowest BCUT2D eigenvalue weighted by Gasteiger charge is -2.36. The molecule has 0 spiro atoms. The quantitative estimate of drug-likeness (QED) is 0.494. The summed E-state index contributed by atoms with van der Waals surface area (Å²) in [6.07, 6.45) is 1.85. The van der Waals surface area contributed by atoms with Crippen molar-refractivity contribution >= 4 is 28.9 Å². The summed E-state index contributed by atoms with van der Waals surface area (Å²) in [5.74, 6) is 2.11. The number of pyridine rings is 1. The van der Waals surface area contributed by atoms with E-state index in [1.54, 1.807) is 0 Å². The van der Waals surface area contributed by atoms with Crippen molar-refractivity contribution < 1.29 is 0 Å². The molecule has 3 aromatic heterocycles. The number of anilines is 2. The molecule has 5 rings (SSSR count). The van der Waals surface area contributed by atoms with E-state index in [9.17, 15) is 0 Å². The van der Waals surface area contributed by atoms with Gasteiger partial charge in [-0.1, -0.05) is 29.8 Å². The van der Waals surface area contributed by atoms with Crippen LogP contribution in [0, 0.1) is 13.8 Å². The van der Waals surface area contributed by atoms with Gasteiger partial charge in [0.1, 0.15) is 11.6 Å². The lowest BCUT2D eigenvalue weighted by Crippen LogP contribution is -2.47. The molecule has 6 nitrogen and oxygen atoms in total. The molecule has 1 aliphatic heterocycles. The molecule has 1 aliphatic rings. The van der Waals surface area contributed by atoms with Crippen LogP contribution < -0.4 is 9.80 Å². The highest BCUT2D eigenvalue weighted by Gasteiger charge is 2.23. The Hall–Kier alpha value is -3.12. The first-order valence-electron chi connectivity index (χ1n) is 10.1. The normalized spacial score (nSPS) is 14.5. The van der Waals surface area contributed by atoms with Crippen molar-refractivity contribution in [1.29, 1.82) is 0 Å². The molecular formula is C23H23ClN6. The predicted octanol–water partition coefficient (Wildman–Crippen LogP) is 4.39. The zero-order valence-electron chi connectivity index (χ0n) is 17.1. The van der Waals surface area contributed by atoms with Gasteiger partial charge in [0.05, 0.1) is 5.69 Å². The largest absolute Gasteiger partial charge is 0.353 e. The molecule has 4 aromatic rings. The van der Waals surface area contributed by atoms with Crippen LogP contribution in [0.15, 0.2) is 54.7 Å². The molecule has 0 saturated carbocycles. The molecule has 0 aliphatic carbocycles. The lowest BCUT2D eigenvalue weighted by atomic mass is 10.1. The molecule has 1 fully saturated rings. The zero-order valence-corrected chi connectivity index (χ0v) is 17.8. The van der Waals surface area contributed by atoms with Gasteiger partial charge in [-0.3, -0.25) is 0 Å². The molecule has 1 aromatic carbocycles. The summed E-state index contributed by atoms with van der Waals surface area (Å²) < 4.78 is 1.98. The minimum absolute atomic E-state index is 0.707. The third kappa shape index (κ3) is 3.37. The Balaban J connectivity index is 1.50. The molecule has 0 radical (unpaired) electrons. The third-order valence-electron chi connectivity index (χ3n) is 5.60. The number of halogens is 1. The Morgan fingerprint density at radius 1 is 0.900 bits per heavy atom. The number of hydrogen-bond donors (Lipinski definition) is 0. The second kappa shape index (κ2) is 7.61. The van der Waals surface area contributed by atoms with Gasteiger partial charge in [-0.15, -0.1) is 0 Å². The number of rotatable bonds is 3. The number of benzene rings is 1. The SMILES string of the molecule is Cc1cc(N2CCN(c3ccccn3)CC2)n2nc(-c3cccc(Cl)c3)c(C)c2n1. The van der Waals surface area contributed by atoms with Gasteiger partial charge in [0.15, 0.2) is 5.65 Å². The first kappa shape index (κ1) is 18.9. The standard InChI is InChI=1S/C23H23ClN6/c1-16-14-21(29-12-10-28(11-13-29)20-8-3-4-9-25-20)30-23(26-16)17(2)22(27-30)18-6-5-7-19(24)15-18/h3-9,14-15H,10-13H2,1-2H3. The number of nitrogens with zero attached hydrogens (tertiary/aromatic N) is 6. The van der Waals surface area contributed by atoms with Gasteiger partial charge in [0.25, 0.3) is 0 Å². The molecule has 0 atom stereocenters. The Morgan fingerprint density at radius 3 is 2.43 bits per heavy atom. The van der Waals surface area contributed by atoms with Gasteiger partial charge in [-0.2, -0.15) is 9.61 Å². The fraction of sp³-hybridized carbons (Fsp3) is 0.261. The van der Waals surface area contributed by atoms with Gasteiger partial charge in [0, 0.05) is 60.3 Å². The van der Waals surface area contributed by atoms with E-state index >= 15 is 0 Å². The predicted molar refractivity (Wildman–Crippen MR) is 122 cm³/mol. The Morgan fingerprint density at radius 2 is 1.70 bits per heavy atom. The van der Waals surface area contributed by atoms with Crippen molar-refractivity contribution in [1.82, 2.24) is 19.6 Å². The summed E-state index contributed by atoms with van der Waals surface area (Å²) in [4.78, 5) is 14.0. The van der Waals surface area contributed by atoms with Crippen molar-refractivity contribution in [3.63, 3.8) is 0 Å². The number of aryl methyl sites for hydroxylation is 2. The Labute approximate surface area is 180 Å². The molecule has 0 unspecified atom stereocenters. The van der Waals surface area contributed by atoms with E-state index in [2.05, 4.69) is 33.8 Å². The summed E-state index contributed by atoms with van der Waals surface area (Å²) in [5.41, 5.74) is 4.88. The number of piperazine rings is 1. The molecule has 0 N–H and O–H groups in total. The van der Waals surface area contributed by atoms with Crippen molar-refractivity contribution in [3.8, 4) is 11.3 Å². The first-order chi connectivity index (χ1) is 14.6. The second-order valence-electron chi connectivity index (χ2n) is 7.64. The van der Waals surface area contributed by atoms with Gasteiger partial charge >= 0.3 is 0 Å². The summed E-state index contributed by atoms with van der Waals surface area (Å²) >= 11 is 6.22. The van der Waals surface area contributed by atoms with E-state index in [0.29, 0.717) is 5.02 Å². The summed E-state index contributed by atoms with van der Waals surface area (Å²) in [5, 5.41) is 5.65. The van der Waals surface area contributed by atoms with Crippen LogP contribution in [-0.2, 0) is 0 Å². The van der Waals surface area contributed by atoms with Crippen LogP contribution >= 0.6 is 11.6 Å². The second-order valence-corrected chi connectivity index (χ2v) is 8.07. The molecular weight excluding hydrogens is 396 g/mol. The van der Waals surface area contributed by atoms with Gasteiger partial charge in [-0.25, -0.2) is 9.97 Å².